The SMILES string of the molecule is CCCC(=O)NS(=O)(=O)CCCC(=O)NCCOCCOCC(=O)NC(CCC(=O)NC(CCC(=O)NCCOCCOCC(N)=O)C(=O)OC(C)(C)C)C(=O)OC(C)(C)C. The van der Waals surface area contributed by atoms with Gasteiger partial charge < -0.3 is 55.4 Å². The van der Waals surface area contributed by atoms with E-state index in [1.165, 1.54) is 0 Å². The minimum atomic E-state index is -3.81. The molecule has 0 saturated heterocycles. The van der Waals surface area contributed by atoms with Crippen LogP contribution in [-0.2, 0) is 76.8 Å². The molecule has 0 radical (unpaired) electrons. The first kappa shape index (κ1) is 56.5. The predicted octanol–water partition coefficient (Wildman–Crippen LogP) is -0.990. The molecule has 0 saturated carbocycles. The fourth-order valence-electron chi connectivity index (χ4n) is 4.70. The Labute approximate surface area is 358 Å². The number of amides is 6. The van der Waals surface area contributed by atoms with Crippen LogP contribution in [0.15, 0.2) is 0 Å². The molecule has 0 aromatic rings. The van der Waals surface area contributed by atoms with Crippen LogP contribution in [0.1, 0.15) is 99.8 Å². The van der Waals surface area contributed by atoms with E-state index in [1.807, 2.05) is 4.72 Å². The van der Waals surface area contributed by atoms with Gasteiger partial charge in [0.15, 0.2) is 0 Å². The summed E-state index contributed by atoms with van der Waals surface area (Å²) in [6, 6.07) is -2.47. The van der Waals surface area contributed by atoms with Gasteiger partial charge in [-0.1, -0.05) is 6.92 Å². The third kappa shape index (κ3) is 33.9. The summed E-state index contributed by atoms with van der Waals surface area (Å²) >= 11 is 0. The van der Waals surface area contributed by atoms with Crippen LogP contribution in [0.25, 0.3) is 0 Å². The molecule has 0 aromatic heterocycles. The molecule has 61 heavy (non-hydrogen) atoms. The molecule has 0 aromatic carbocycles. The van der Waals surface area contributed by atoms with Gasteiger partial charge >= 0.3 is 11.9 Å². The van der Waals surface area contributed by atoms with Gasteiger partial charge in [0.25, 0.3) is 0 Å². The van der Waals surface area contributed by atoms with E-state index in [2.05, 4.69) is 21.3 Å². The fourth-order valence-corrected chi connectivity index (χ4v) is 5.78. The first-order valence-corrected chi connectivity index (χ1v) is 21.8. The fraction of sp³-hybridized carbons (Fsp3) is 0.789. The quantitative estimate of drug-likeness (QED) is 0.0340. The van der Waals surface area contributed by atoms with Gasteiger partial charge in [-0.15, -0.1) is 0 Å². The van der Waals surface area contributed by atoms with Crippen molar-refractivity contribution in [2.24, 2.45) is 5.73 Å². The van der Waals surface area contributed by atoms with Crippen molar-refractivity contribution in [2.45, 2.75) is 123 Å². The largest absolute Gasteiger partial charge is 0.458 e. The Morgan fingerprint density at radius 1 is 0.557 bits per heavy atom. The molecule has 0 spiro atoms. The molecule has 0 aliphatic rings. The van der Waals surface area contributed by atoms with Crippen LogP contribution in [-0.4, -0.2) is 151 Å². The second kappa shape index (κ2) is 30.6. The molecule has 7 N–H and O–H groups in total. The Hall–Kier alpha value is -4.45. The van der Waals surface area contributed by atoms with Gasteiger partial charge in [-0.2, -0.15) is 0 Å². The lowest BCUT2D eigenvalue weighted by Gasteiger charge is -2.26. The number of nitrogens with two attached hydrogens (primary N) is 1. The molecule has 22 nitrogen and oxygen atoms in total. The van der Waals surface area contributed by atoms with Gasteiger partial charge in [0.2, 0.25) is 45.5 Å². The lowest BCUT2D eigenvalue weighted by Crippen LogP contribution is -2.47. The van der Waals surface area contributed by atoms with E-state index in [9.17, 15) is 46.8 Å². The number of nitrogens with one attached hydrogen (secondary N) is 5. The zero-order valence-electron chi connectivity index (χ0n) is 36.6. The van der Waals surface area contributed by atoms with E-state index >= 15 is 0 Å². The summed E-state index contributed by atoms with van der Waals surface area (Å²) in [5.41, 5.74) is 3.16. The van der Waals surface area contributed by atoms with Crippen molar-refractivity contribution in [2.75, 3.05) is 71.7 Å². The summed E-state index contributed by atoms with van der Waals surface area (Å²) in [5.74, 6) is -5.29. The van der Waals surface area contributed by atoms with Crippen LogP contribution in [0.3, 0.4) is 0 Å². The van der Waals surface area contributed by atoms with E-state index in [-0.39, 0.29) is 110 Å². The molecule has 0 heterocycles. The zero-order chi connectivity index (χ0) is 46.5. The van der Waals surface area contributed by atoms with Gasteiger partial charge in [-0.3, -0.25) is 33.5 Å². The van der Waals surface area contributed by atoms with E-state index in [0.29, 0.717) is 6.42 Å². The van der Waals surface area contributed by atoms with E-state index < -0.39 is 87.3 Å². The van der Waals surface area contributed by atoms with Gasteiger partial charge in [-0.25, -0.2) is 18.0 Å². The van der Waals surface area contributed by atoms with Crippen LogP contribution in [0.5, 0.6) is 0 Å². The smallest absolute Gasteiger partial charge is 0.329 e. The summed E-state index contributed by atoms with van der Waals surface area (Å²) in [4.78, 5) is 98.4. The molecule has 2 unspecified atom stereocenters. The molecule has 23 heteroatoms. The van der Waals surface area contributed by atoms with Crippen molar-refractivity contribution in [3.05, 3.63) is 0 Å². The van der Waals surface area contributed by atoms with Crippen LogP contribution < -0.4 is 31.7 Å². The molecular formula is C38H68N6O16S. The summed E-state index contributed by atoms with van der Waals surface area (Å²) in [6.07, 6.45) is -0.233. The third-order valence-electron chi connectivity index (χ3n) is 7.30. The molecule has 2 atom stereocenters. The maximum Gasteiger partial charge on any atom is 0.329 e. The Bertz CT molecular complexity index is 1510. The number of primary amides is 1. The summed E-state index contributed by atoms with van der Waals surface area (Å²) in [5, 5.41) is 10.3. The molecule has 0 fully saturated rings. The average molecular weight is 897 g/mol. The Morgan fingerprint density at radius 3 is 1.48 bits per heavy atom. The van der Waals surface area contributed by atoms with Crippen molar-refractivity contribution < 1.29 is 75.2 Å². The second-order valence-electron chi connectivity index (χ2n) is 15.6. The van der Waals surface area contributed by atoms with Crippen LogP contribution in [0.2, 0.25) is 0 Å². The Morgan fingerprint density at radius 2 is 1.00 bits per heavy atom. The minimum Gasteiger partial charge on any atom is -0.458 e. The molecule has 0 aliphatic heterocycles. The highest BCUT2D eigenvalue weighted by Gasteiger charge is 2.30. The summed E-state index contributed by atoms with van der Waals surface area (Å²) < 4.78 is 57.6. The topological polar surface area (TPSA) is 312 Å². The van der Waals surface area contributed by atoms with Crippen molar-refractivity contribution in [1.82, 2.24) is 26.0 Å². The van der Waals surface area contributed by atoms with E-state index in [4.69, 9.17) is 34.2 Å². The maximum atomic E-state index is 13.1. The molecular weight excluding hydrogens is 829 g/mol. The predicted molar refractivity (Wildman–Crippen MR) is 219 cm³/mol. The number of rotatable bonds is 33. The number of hydrogen-bond acceptors (Lipinski definition) is 16. The zero-order valence-corrected chi connectivity index (χ0v) is 37.4. The lowest BCUT2D eigenvalue weighted by atomic mass is 10.1. The van der Waals surface area contributed by atoms with Gasteiger partial charge in [0.05, 0.1) is 45.4 Å². The molecule has 0 rings (SSSR count). The lowest BCUT2D eigenvalue weighted by molar-refractivity contribution is -0.160. The number of sulfonamides is 1. The highest BCUT2D eigenvalue weighted by atomic mass is 32.2. The number of carbonyl (C=O) groups is 8. The summed E-state index contributed by atoms with van der Waals surface area (Å²) in [6.45, 7) is 11.8. The van der Waals surface area contributed by atoms with Gasteiger partial charge in [-0.05, 0) is 67.2 Å². The van der Waals surface area contributed by atoms with Crippen molar-refractivity contribution in [3.63, 3.8) is 0 Å². The average Bonchev–Trinajstić information content (AvgIpc) is 3.12. The highest BCUT2D eigenvalue weighted by Crippen LogP contribution is 2.13. The maximum absolute atomic E-state index is 13.1. The van der Waals surface area contributed by atoms with E-state index in [1.54, 1.807) is 48.5 Å². The van der Waals surface area contributed by atoms with Crippen LogP contribution >= 0.6 is 0 Å². The van der Waals surface area contributed by atoms with Gasteiger partial charge in [0.1, 0.15) is 36.5 Å². The normalized spacial score (nSPS) is 12.6. The molecule has 0 bridgehead atoms. The van der Waals surface area contributed by atoms with Crippen molar-refractivity contribution >= 4 is 57.4 Å². The molecule has 352 valence electrons. The number of hydrogen-bond donors (Lipinski definition) is 6. The number of carbonyl (C=O) groups excluding carboxylic acids is 8. The standard InChI is InChI=1S/C38H68N6O16S/c1-8-10-33(49)44-61(53,54)24-9-11-30(46)40-16-18-56-21-23-58-26-34(50)43-28(36(52)60-38(5,6)7)13-15-32(48)42-27(35(51)59-37(2,3)4)12-14-31(47)41-17-19-55-20-22-57-25-29(39)45/h27-28H,8-26H2,1-7H3,(H2,39,45)(H,40,46)(H,41,47)(H,42,48)(H,43,50)(H,44,49). The third-order valence-corrected chi connectivity index (χ3v) is 8.66. The molecule has 6 amide bonds. The Kier molecular flexibility index (Phi) is 28.3. The number of ether oxygens (including phenoxy) is 6. The van der Waals surface area contributed by atoms with Crippen molar-refractivity contribution in [3.8, 4) is 0 Å². The van der Waals surface area contributed by atoms with Crippen LogP contribution in [0.4, 0.5) is 0 Å². The van der Waals surface area contributed by atoms with Crippen molar-refractivity contribution in [1.29, 1.82) is 0 Å². The first-order valence-electron chi connectivity index (χ1n) is 20.1. The number of esters is 2. The second-order valence-corrected chi connectivity index (χ2v) is 17.4. The van der Waals surface area contributed by atoms with Gasteiger partial charge in [0, 0.05) is 38.8 Å². The molecule has 0 aliphatic carbocycles. The van der Waals surface area contributed by atoms with Crippen LogP contribution in [0, 0.1) is 0 Å². The minimum absolute atomic E-state index is 0.0184. The highest BCUT2D eigenvalue weighted by molar-refractivity contribution is 7.90. The van der Waals surface area contributed by atoms with E-state index in [0.717, 1.165) is 0 Å². The monoisotopic (exact) mass is 896 g/mol. The first-order chi connectivity index (χ1) is 28.4. The summed E-state index contributed by atoms with van der Waals surface area (Å²) in [7, 11) is -3.81. The Balaban J connectivity index is 4.89.